The Morgan fingerprint density at radius 2 is 1.54 bits per heavy atom. The van der Waals surface area contributed by atoms with Crippen molar-refractivity contribution in [1.29, 1.82) is 0 Å². The number of benzene rings is 1. The lowest BCUT2D eigenvalue weighted by atomic mass is 9.68. The molecule has 2 aliphatic rings. The number of hydrogen-bond acceptors (Lipinski definition) is 1. The zero-order valence-corrected chi connectivity index (χ0v) is 16.3. The minimum atomic E-state index is -0.127. The van der Waals surface area contributed by atoms with E-state index in [0.717, 1.165) is 36.7 Å². The molecule has 0 bridgehead atoms. The van der Waals surface area contributed by atoms with Gasteiger partial charge in [-0.05, 0) is 92.7 Å². The van der Waals surface area contributed by atoms with E-state index in [9.17, 15) is 4.39 Å². The van der Waals surface area contributed by atoms with E-state index >= 15 is 0 Å². The van der Waals surface area contributed by atoms with Crippen LogP contribution < -0.4 is 0 Å². The first-order valence-electron chi connectivity index (χ1n) is 10.6. The number of halogens is 1. The van der Waals surface area contributed by atoms with E-state index in [2.05, 4.69) is 12.2 Å². The quantitative estimate of drug-likeness (QED) is 0.501. The molecule has 0 spiro atoms. The highest BCUT2D eigenvalue weighted by molar-refractivity contribution is 5.16. The average molecular weight is 359 g/mol. The first-order valence-corrected chi connectivity index (χ1v) is 10.6. The molecule has 0 saturated heterocycles. The third kappa shape index (κ3) is 5.94. The molecule has 144 valence electrons. The molecule has 0 aliphatic heterocycles. The van der Waals surface area contributed by atoms with Crippen LogP contribution in [0.3, 0.4) is 0 Å². The third-order valence-corrected chi connectivity index (χ3v) is 6.80. The monoisotopic (exact) mass is 358 g/mol. The minimum Gasteiger partial charge on any atom is -0.381 e. The van der Waals surface area contributed by atoms with Crippen molar-refractivity contribution in [1.82, 2.24) is 0 Å². The predicted octanol–water partition coefficient (Wildman–Crippen LogP) is 6.57. The predicted molar refractivity (Wildman–Crippen MR) is 107 cm³/mol. The molecule has 26 heavy (non-hydrogen) atoms. The second-order valence-electron chi connectivity index (χ2n) is 8.50. The van der Waals surface area contributed by atoms with E-state index in [4.69, 9.17) is 4.74 Å². The standard InChI is InChI=1S/C24H35FO/c1-26-18-2-3-19-6-12-22(13-7-19)23-14-8-20(9-15-23)4-5-21-10-16-24(25)17-11-21/h2-3,10-11,16-17,19-20,22-23H,4-9,12-15,18H2,1H3. The van der Waals surface area contributed by atoms with Crippen LogP contribution in [0.1, 0.15) is 63.4 Å². The van der Waals surface area contributed by atoms with E-state index in [0.29, 0.717) is 0 Å². The van der Waals surface area contributed by atoms with Crippen LogP contribution >= 0.6 is 0 Å². The fourth-order valence-corrected chi connectivity index (χ4v) is 5.12. The summed E-state index contributed by atoms with van der Waals surface area (Å²) in [5.74, 6) is 3.48. The lowest BCUT2D eigenvalue weighted by molar-refractivity contribution is 0.152. The van der Waals surface area contributed by atoms with Gasteiger partial charge in [0.25, 0.3) is 0 Å². The van der Waals surface area contributed by atoms with Gasteiger partial charge in [0.1, 0.15) is 5.82 Å². The topological polar surface area (TPSA) is 9.23 Å². The summed E-state index contributed by atoms with van der Waals surface area (Å²) in [6.45, 7) is 0.752. The van der Waals surface area contributed by atoms with Gasteiger partial charge in [-0.3, -0.25) is 0 Å². The fraction of sp³-hybridized carbons (Fsp3) is 0.667. The van der Waals surface area contributed by atoms with Gasteiger partial charge in [-0.2, -0.15) is 0 Å². The Balaban J connectivity index is 1.34. The van der Waals surface area contributed by atoms with Gasteiger partial charge >= 0.3 is 0 Å². The van der Waals surface area contributed by atoms with E-state index < -0.39 is 0 Å². The van der Waals surface area contributed by atoms with Crippen LogP contribution in [0.15, 0.2) is 36.4 Å². The van der Waals surface area contributed by atoms with Gasteiger partial charge < -0.3 is 4.74 Å². The lowest BCUT2D eigenvalue weighted by Crippen LogP contribution is -2.25. The molecule has 2 fully saturated rings. The van der Waals surface area contributed by atoms with Crippen molar-refractivity contribution in [3.63, 3.8) is 0 Å². The Kier molecular flexibility index (Phi) is 7.73. The van der Waals surface area contributed by atoms with Crippen molar-refractivity contribution in [3.05, 3.63) is 47.8 Å². The normalized spacial score (nSPS) is 29.9. The second-order valence-corrected chi connectivity index (χ2v) is 8.50. The van der Waals surface area contributed by atoms with Gasteiger partial charge in [-0.25, -0.2) is 4.39 Å². The highest BCUT2D eigenvalue weighted by atomic mass is 19.1. The SMILES string of the molecule is COCC=CC1CCC(C2CCC(CCc3ccc(F)cc3)CC2)CC1. The summed E-state index contributed by atoms with van der Waals surface area (Å²) < 4.78 is 18.1. The number of hydrogen-bond donors (Lipinski definition) is 0. The maximum Gasteiger partial charge on any atom is 0.123 e. The highest BCUT2D eigenvalue weighted by Gasteiger charge is 2.30. The molecule has 0 heterocycles. The number of aryl methyl sites for hydroxylation is 1. The molecule has 1 aromatic carbocycles. The van der Waals surface area contributed by atoms with Crippen molar-refractivity contribution in [2.75, 3.05) is 13.7 Å². The molecule has 0 atom stereocenters. The summed E-state index contributed by atoms with van der Waals surface area (Å²) in [6.07, 6.45) is 18.2. The maximum atomic E-state index is 13.0. The molecule has 1 nitrogen and oxygen atoms in total. The molecule has 3 rings (SSSR count). The number of methoxy groups -OCH3 is 1. The van der Waals surface area contributed by atoms with Gasteiger partial charge in [-0.1, -0.05) is 37.1 Å². The second kappa shape index (κ2) is 10.3. The van der Waals surface area contributed by atoms with Crippen LogP contribution in [0.4, 0.5) is 4.39 Å². The van der Waals surface area contributed by atoms with Crippen molar-refractivity contribution < 1.29 is 9.13 Å². The molecule has 0 radical (unpaired) electrons. The van der Waals surface area contributed by atoms with Crippen molar-refractivity contribution in [2.45, 2.75) is 64.2 Å². The zero-order chi connectivity index (χ0) is 18.2. The summed E-state index contributed by atoms with van der Waals surface area (Å²) in [5, 5.41) is 0. The fourth-order valence-electron chi connectivity index (χ4n) is 5.12. The van der Waals surface area contributed by atoms with Crippen LogP contribution in [0.25, 0.3) is 0 Å². The summed E-state index contributed by atoms with van der Waals surface area (Å²) >= 11 is 0. The molecule has 0 unspecified atom stereocenters. The Labute approximate surface area is 159 Å². The van der Waals surface area contributed by atoms with Gasteiger partial charge in [-0.15, -0.1) is 0 Å². The van der Waals surface area contributed by atoms with Crippen LogP contribution in [0.2, 0.25) is 0 Å². The van der Waals surface area contributed by atoms with Crippen LogP contribution in [-0.4, -0.2) is 13.7 Å². The Hall–Kier alpha value is -1.15. The molecule has 2 saturated carbocycles. The third-order valence-electron chi connectivity index (χ3n) is 6.80. The smallest absolute Gasteiger partial charge is 0.123 e. The molecular weight excluding hydrogens is 323 g/mol. The first kappa shape index (κ1) is 19.6. The van der Waals surface area contributed by atoms with Crippen molar-refractivity contribution >= 4 is 0 Å². The van der Waals surface area contributed by atoms with E-state index in [1.807, 2.05) is 12.1 Å². The number of allylic oxidation sites excluding steroid dienone is 1. The summed E-state index contributed by atoms with van der Waals surface area (Å²) in [6, 6.07) is 7.07. The van der Waals surface area contributed by atoms with Gasteiger partial charge in [0.05, 0.1) is 6.61 Å². The molecule has 2 heteroatoms. The number of ether oxygens (including phenoxy) is 1. The maximum absolute atomic E-state index is 13.0. The summed E-state index contributed by atoms with van der Waals surface area (Å²) in [4.78, 5) is 0. The van der Waals surface area contributed by atoms with Gasteiger partial charge in [0, 0.05) is 7.11 Å². The molecule has 1 aromatic rings. The molecular formula is C24H35FO. The van der Waals surface area contributed by atoms with E-state index in [1.165, 1.54) is 63.4 Å². The molecule has 2 aliphatic carbocycles. The van der Waals surface area contributed by atoms with E-state index in [-0.39, 0.29) is 5.82 Å². The van der Waals surface area contributed by atoms with Crippen LogP contribution in [-0.2, 0) is 11.2 Å². The van der Waals surface area contributed by atoms with E-state index in [1.54, 1.807) is 19.2 Å². The Morgan fingerprint density at radius 3 is 2.15 bits per heavy atom. The van der Waals surface area contributed by atoms with Crippen LogP contribution in [0.5, 0.6) is 0 Å². The Morgan fingerprint density at radius 1 is 0.923 bits per heavy atom. The Bertz CT molecular complexity index is 534. The lowest BCUT2D eigenvalue weighted by Gasteiger charge is -2.37. The van der Waals surface area contributed by atoms with Crippen molar-refractivity contribution in [3.8, 4) is 0 Å². The summed E-state index contributed by atoms with van der Waals surface area (Å²) in [5.41, 5.74) is 1.29. The zero-order valence-electron chi connectivity index (χ0n) is 16.3. The van der Waals surface area contributed by atoms with Gasteiger partial charge in [0.2, 0.25) is 0 Å². The molecule has 0 N–H and O–H groups in total. The van der Waals surface area contributed by atoms with Gasteiger partial charge in [0.15, 0.2) is 0 Å². The van der Waals surface area contributed by atoms with Crippen LogP contribution in [0, 0.1) is 29.5 Å². The first-order chi connectivity index (χ1) is 12.7. The largest absolute Gasteiger partial charge is 0.381 e. The number of rotatable bonds is 7. The molecule has 0 amide bonds. The van der Waals surface area contributed by atoms with Crippen molar-refractivity contribution in [2.24, 2.45) is 23.7 Å². The molecule has 0 aromatic heterocycles. The minimum absolute atomic E-state index is 0.127. The average Bonchev–Trinajstić information content (AvgIpc) is 2.69. The summed E-state index contributed by atoms with van der Waals surface area (Å²) in [7, 11) is 1.76. The highest BCUT2D eigenvalue weighted by Crippen LogP contribution is 2.42.